The first-order chi connectivity index (χ1) is 9.81. The molecule has 2 N–H and O–H groups in total. The van der Waals surface area contributed by atoms with Crippen molar-refractivity contribution < 1.29 is 0 Å². The molecule has 0 aliphatic carbocycles. The fraction of sp³-hybridized carbons (Fsp3) is 0.312. The second kappa shape index (κ2) is 7.70. The molecule has 0 atom stereocenters. The van der Waals surface area contributed by atoms with Crippen molar-refractivity contribution in [2.75, 3.05) is 7.05 Å². The highest BCUT2D eigenvalue weighted by Gasteiger charge is 2.01. The largest absolute Gasteiger partial charge is 0.352 e. The van der Waals surface area contributed by atoms with Gasteiger partial charge in [-0.15, -0.1) is 11.3 Å². The Morgan fingerprint density at radius 1 is 1.00 bits per heavy atom. The number of aliphatic imine (C=N–C) groups is 1. The second-order valence-corrected chi connectivity index (χ2v) is 5.74. The number of hydrogen-bond donors (Lipinski definition) is 2. The Balaban J connectivity index is 1.81. The Bertz CT molecular complexity index is 546. The summed E-state index contributed by atoms with van der Waals surface area (Å²) >= 11 is 1.85. The van der Waals surface area contributed by atoms with Gasteiger partial charge in [0, 0.05) is 23.3 Å². The standard InChI is InChI=1S/C16H21N3S/c1-3-14-9-10-15(20-14)12-19-16(17-2)18-11-13-7-5-4-6-8-13/h4-10H,3,11-12H2,1-2H3,(H2,17,18,19). The Morgan fingerprint density at radius 3 is 2.35 bits per heavy atom. The van der Waals surface area contributed by atoms with Crippen LogP contribution in [0, 0.1) is 0 Å². The van der Waals surface area contributed by atoms with E-state index in [4.69, 9.17) is 0 Å². The zero-order valence-electron chi connectivity index (χ0n) is 12.0. The molecular weight excluding hydrogens is 266 g/mol. The topological polar surface area (TPSA) is 36.4 Å². The average molecular weight is 287 g/mol. The van der Waals surface area contributed by atoms with E-state index in [0.29, 0.717) is 0 Å². The molecule has 4 heteroatoms. The Kier molecular flexibility index (Phi) is 5.62. The molecule has 0 amide bonds. The number of nitrogens with zero attached hydrogens (tertiary/aromatic N) is 1. The molecule has 0 radical (unpaired) electrons. The third-order valence-electron chi connectivity index (χ3n) is 3.02. The molecule has 3 nitrogen and oxygen atoms in total. The smallest absolute Gasteiger partial charge is 0.191 e. The van der Waals surface area contributed by atoms with E-state index < -0.39 is 0 Å². The van der Waals surface area contributed by atoms with Crippen molar-refractivity contribution in [1.82, 2.24) is 10.6 Å². The van der Waals surface area contributed by atoms with Gasteiger partial charge in [-0.1, -0.05) is 37.3 Å². The van der Waals surface area contributed by atoms with Crippen LogP contribution in [0.2, 0.25) is 0 Å². The lowest BCUT2D eigenvalue weighted by atomic mass is 10.2. The molecule has 2 aromatic rings. The second-order valence-electron chi connectivity index (χ2n) is 4.49. The Morgan fingerprint density at radius 2 is 1.70 bits per heavy atom. The van der Waals surface area contributed by atoms with E-state index in [1.54, 1.807) is 7.05 Å². The number of benzene rings is 1. The van der Waals surface area contributed by atoms with Gasteiger partial charge in [0.1, 0.15) is 0 Å². The highest BCUT2D eigenvalue weighted by molar-refractivity contribution is 7.11. The molecule has 0 saturated carbocycles. The summed E-state index contributed by atoms with van der Waals surface area (Å²) in [6.07, 6.45) is 1.10. The minimum atomic E-state index is 0.783. The maximum Gasteiger partial charge on any atom is 0.191 e. The van der Waals surface area contributed by atoms with E-state index in [1.165, 1.54) is 15.3 Å². The van der Waals surface area contributed by atoms with Crippen molar-refractivity contribution >= 4 is 17.3 Å². The Hall–Kier alpha value is -1.81. The van der Waals surface area contributed by atoms with Gasteiger partial charge < -0.3 is 10.6 Å². The number of thiophene rings is 1. The summed E-state index contributed by atoms with van der Waals surface area (Å²) in [5.74, 6) is 0.834. The number of nitrogens with one attached hydrogen (secondary N) is 2. The van der Waals surface area contributed by atoms with Crippen molar-refractivity contribution in [3.63, 3.8) is 0 Å². The Labute approximate surface area is 124 Å². The fourth-order valence-corrected chi connectivity index (χ4v) is 2.78. The normalized spacial score (nSPS) is 11.4. The van der Waals surface area contributed by atoms with Crippen LogP contribution in [0.25, 0.3) is 0 Å². The summed E-state index contributed by atoms with van der Waals surface area (Å²) in [5.41, 5.74) is 1.25. The number of aryl methyl sites for hydroxylation is 1. The van der Waals surface area contributed by atoms with Crippen LogP contribution in [-0.2, 0) is 19.5 Å². The minimum absolute atomic E-state index is 0.783. The molecule has 2 rings (SSSR count). The van der Waals surface area contributed by atoms with Gasteiger partial charge in [-0.3, -0.25) is 4.99 Å². The van der Waals surface area contributed by atoms with Crippen molar-refractivity contribution in [3.8, 4) is 0 Å². The van der Waals surface area contributed by atoms with Crippen LogP contribution in [0.15, 0.2) is 47.5 Å². The van der Waals surface area contributed by atoms with E-state index in [-0.39, 0.29) is 0 Å². The summed E-state index contributed by atoms with van der Waals surface area (Å²) in [4.78, 5) is 7.01. The summed E-state index contributed by atoms with van der Waals surface area (Å²) in [5, 5.41) is 6.66. The lowest BCUT2D eigenvalue weighted by molar-refractivity contribution is 0.815. The van der Waals surface area contributed by atoms with Crippen molar-refractivity contribution in [3.05, 3.63) is 57.8 Å². The van der Waals surface area contributed by atoms with Gasteiger partial charge >= 0.3 is 0 Å². The van der Waals surface area contributed by atoms with Gasteiger partial charge in [0.05, 0.1) is 6.54 Å². The lowest BCUT2D eigenvalue weighted by Crippen LogP contribution is -2.36. The number of hydrogen-bond acceptors (Lipinski definition) is 2. The quantitative estimate of drug-likeness (QED) is 0.654. The summed E-state index contributed by atoms with van der Waals surface area (Å²) in [6, 6.07) is 14.7. The van der Waals surface area contributed by atoms with Gasteiger partial charge in [-0.25, -0.2) is 0 Å². The lowest BCUT2D eigenvalue weighted by Gasteiger charge is -2.11. The third-order valence-corrected chi connectivity index (χ3v) is 4.25. The van der Waals surface area contributed by atoms with E-state index in [2.05, 4.69) is 46.8 Å². The summed E-state index contributed by atoms with van der Waals surface area (Å²) in [7, 11) is 1.80. The number of rotatable bonds is 5. The van der Waals surface area contributed by atoms with Crippen LogP contribution in [-0.4, -0.2) is 13.0 Å². The first-order valence-electron chi connectivity index (χ1n) is 6.88. The van der Waals surface area contributed by atoms with Gasteiger partial charge in [-0.05, 0) is 24.1 Å². The highest BCUT2D eigenvalue weighted by Crippen LogP contribution is 2.16. The van der Waals surface area contributed by atoms with Crippen molar-refractivity contribution in [1.29, 1.82) is 0 Å². The zero-order chi connectivity index (χ0) is 14.2. The third kappa shape index (κ3) is 4.38. The zero-order valence-corrected chi connectivity index (χ0v) is 12.8. The van der Waals surface area contributed by atoms with E-state index in [0.717, 1.165) is 25.5 Å². The SMILES string of the molecule is CCc1ccc(CNC(=NC)NCc2ccccc2)s1. The molecule has 0 aliphatic heterocycles. The molecular formula is C16H21N3S. The molecule has 1 aromatic heterocycles. The summed E-state index contributed by atoms with van der Waals surface area (Å²) in [6.45, 7) is 3.79. The molecule has 0 spiro atoms. The van der Waals surface area contributed by atoms with Crippen LogP contribution < -0.4 is 10.6 Å². The molecule has 0 unspecified atom stereocenters. The molecule has 1 aromatic carbocycles. The predicted octanol–water partition coefficient (Wildman–Crippen LogP) is 3.18. The predicted molar refractivity (Wildman–Crippen MR) is 87.2 cm³/mol. The van der Waals surface area contributed by atoms with Crippen molar-refractivity contribution in [2.24, 2.45) is 4.99 Å². The maximum atomic E-state index is 4.24. The van der Waals surface area contributed by atoms with E-state index >= 15 is 0 Å². The first kappa shape index (κ1) is 14.6. The molecule has 1 heterocycles. The van der Waals surface area contributed by atoms with Gasteiger partial charge in [0.2, 0.25) is 0 Å². The monoisotopic (exact) mass is 287 g/mol. The fourth-order valence-electron chi connectivity index (χ4n) is 1.88. The van der Waals surface area contributed by atoms with Crippen LogP contribution in [0.1, 0.15) is 22.2 Å². The van der Waals surface area contributed by atoms with Crippen LogP contribution in [0.4, 0.5) is 0 Å². The first-order valence-corrected chi connectivity index (χ1v) is 7.69. The molecule has 0 fully saturated rings. The number of guanidine groups is 1. The van der Waals surface area contributed by atoms with Gasteiger partial charge in [-0.2, -0.15) is 0 Å². The molecule has 0 saturated heterocycles. The molecule has 0 aliphatic rings. The van der Waals surface area contributed by atoms with Gasteiger partial charge in [0.25, 0.3) is 0 Å². The van der Waals surface area contributed by atoms with Gasteiger partial charge in [0.15, 0.2) is 5.96 Å². The van der Waals surface area contributed by atoms with Crippen LogP contribution in [0.3, 0.4) is 0 Å². The summed E-state index contributed by atoms with van der Waals surface area (Å²) < 4.78 is 0. The van der Waals surface area contributed by atoms with E-state index in [1.807, 2.05) is 29.5 Å². The van der Waals surface area contributed by atoms with Crippen molar-refractivity contribution in [2.45, 2.75) is 26.4 Å². The van der Waals surface area contributed by atoms with Crippen LogP contribution >= 0.6 is 11.3 Å². The molecule has 20 heavy (non-hydrogen) atoms. The average Bonchev–Trinajstić information content (AvgIpc) is 2.96. The molecule has 0 bridgehead atoms. The molecule has 106 valence electrons. The maximum absolute atomic E-state index is 4.24. The highest BCUT2D eigenvalue weighted by atomic mass is 32.1. The van der Waals surface area contributed by atoms with E-state index in [9.17, 15) is 0 Å². The van der Waals surface area contributed by atoms with Crippen LogP contribution in [0.5, 0.6) is 0 Å². The minimum Gasteiger partial charge on any atom is -0.352 e.